The number of thiophene rings is 1. The lowest BCUT2D eigenvalue weighted by molar-refractivity contribution is 0.417. The number of anilines is 1. The van der Waals surface area contributed by atoms with E-state index in [4.69, 9.17) is 4.74 Å². The van der Waals surface area contributed by atoms with E-state index in [1.807, 2.05) is 18.4 Å². The van der Waals surface area contributed by atoms with Crippen molar-refractivity contribution in [3.8, 4) is 15.6 Å². The van der Waals surface area contributed by atoms with Gasteiger partial charge in [0.2, 0.25) is 0 Å². The number of methoxy groups -OCH3 is 1. The Hall–Kier alpha value is -1.90. The molecule has 3 rings (SSSR count). The second-order valence-corrected chi connectivity index (χ2v) is 10.0. The number of aromatic nitrogens is 1. The second-order valence-electron chi connectivity index (χ2n) is 6.16. The summed E-state index contributed by atoms with van der Waals surface area (Å²) < 4.78 is 33.7. The molecule has 0 aliphatic rings. The zero-order chi connectivity index (χ0) is 18.9. The molecule has 0 aliphatic carbocycles. The van der Waals surface area contributed by atoms with E-state index in [1.54, 1.807) is 24.3 Å². The first-order valence-electron chi connectivity index (χ1n) is 8.03. The van der Waals surface area contributed by atoms with Crippen molar-refractivity contribution in [3.05, 3.63) is 47.0 Å². The minimum atomic E-state index is -3.69. The van der Waals surface area contributed by atoms with Crippen molar-refractivity contribution in [2.24, 2.45) is 0 Å². The summed E-state index contributed by atoms with van der Waals surface area (Å²) in [5, 5.41) is 2.86. The molecule has 0 saturated carbocycles. The summed E-state index contributed by atoms with van der Waals surface area (Å²) in [4.78, 5) is 5.44. The van der Waals surface area contributed by atoms with E-state index in [2.05, 4.69) is 23.6 Å². The molecule has 2 aromatic heterocycles. The van der Waals surface area contributed by atoms with Crippen LogP contribution in [0.25, 0.3) is 9.88 Å². The number of sulfonamides is 1. The van der Waals surface area contributed by atoms with Crippen LogP contribution in [-0.4, -0.2) is 20.5 Å². The molecule has 0 bridgehead atoms. The highest BCUT2D eigenvalue weighted by atomic mass is 32.2. The zero-order valence-corrected chi connectivity index (χ0v) is 17.4. The van der Waals surface area contributed by atoms with Crippen LogP contribution < -0.4 is 9.46 Å². The van der Waals surface area contributed by atoms with Crippen LogP contribution >= 0.6 is 22.7 Å². The number of ether oxygens (including phenoxy) is 1. The lowest BCUT2D eigenvalue weighted by atomic mass is 10.2. The van der Waals surface area contributed by atoms with Crippen molar-refractivity contribution in [3.63, 3.8) is 0 Å². The average molecular weight is 409 g/mol. The predicted molar refractivity (Wildman–Crippen MR) is 108 cm³/mol. The van der Waals surface area contributed by atoms with E-state index in [0.717, 1.165) is 21.1 Å². The molecule has 1 aromatic carbocycles. The zero-order valence-electron chi connectivity index (χ0n) is 14.9. The Morgan fingerprint density at radius 1 is 1.19 bits per heavy atom. The topological polar surface area (TPSA) is 68.3 Å². The van der Waals surface area contributed by atoms with E-state index >= 15 is 0 Å². The summed E-state index contributed by atoms with van der Waals surface area (Å²) in [6.07, 6.45) is 0. The summed E-state index contributed by atoms with van der Waals surface area (Å²) in [7, 11) is -2.18. The van der Waals surface area contributed by atoms with Crippen molar-refractivity contribution in [1.82, 2.24) is 4.98 Å². The Kier molecular flexibility index (Phi) is 5.36. The van der Waals surface area contributed by atoms with Crippen molar-refractivity contribution in [2.45, 2.75) is 30.9 Å². The monoisotopic (exact) mass is 408 g/mol. The van der Waals surface area contributed by atoms with Crippen molar-refractivity contribution in [2.75, 3.05) is 11.8 Å². The van der Waals surface area contributed by atoms with E-state index in [-0.39, 0.29) is 4.21 Å². The summed E-state index contributed by atoms with van der Waals surface area (Å²) in [5.74, 6) is 0.830. The van der Waals surface area contributed by atoms with Gasteiger partial charge in [-0.05, 0) is 42.7 Å². The molecule has 0 amide bonds. The molecular formula is C18H20N2O3S3. The summed E-state index contributed by atoms with van der Waals surface area (Å²) >= 11 is 2.74. The molecule has 0 saturated heterocycles. The van der Waals surface area contributed by atoms with Crippen LogP contribution in [0.1, 0.15) is 31.0 Å². The number of thiazole rings is 1. The number of nitrogens with zero attached hydrogens (tertiary/aromatic N) is 1. The van der Waals surface area contributed by atoms with Crippen LogP contribution in [0.5, 0.6) is 5.75 Å². The van der Waals surface area contributed by atoms with Gasteiger partial charge in [-0.2, -0.15) is 0 Å². The number of rotatable bonds is 6. The average Bonchev–Trinajstić information content (AvgIpc) is 3.24. The third kappa shape index (κ3) is 3.92. The van der Waals surface area contributed by atoms with Gasteiger partial charge in [0, 0.05) is 5.38 Å². The van der Waals surface area contributed by atoms with Gasteiger partial charge < -0.3 is 4.74 Å². The minimum absolute atomic E-state index is 0.248. The van der Waals surface area contributed by atoms with E-state index < -0.39 is 10.0 Å². The summed E-state index contributed by atoms with van der Waals surface area (Å²) in [6, 6.07) is 8.78. The highest BCUT2D eigenvalue weighted by Gasteiger charge is 2.20. The Morgan fingerprint density at radius 2 is 1.96 bits per heavy atom. The molecule has 1 N–H and O–H groups in total. The molecule has 5 nitrogen and oxygen atoms in total. The highest BCUT2D eigenvalue weighted by molar-refractivity contribution is 7.94. The Balaban J connectivity index is 1.89. The van der Waals surface area contributed by atoms with Crippen LogP contribution in [0.15, 0.2) is 39.9 Å². The van der Waals surface area contributed by atoms with Gasteiger partial charge in [0.1, 0.15) is 15.0 Å². The van der Waals surface area contributed by atoms with Gasteiger partial charge in [-0.15, -0.1) is 22.7 Å². The third-order valence-corrected chi connectivity index (χ3v) is 7.74. The number of benzene rings is 1. The molecule has 8 heteroatoms. The van der Waals surface area contributed by atoms with Gasteiger partial charge in [0.15, 0.2) is 0 Å². The van der Waals surface area contributed by atoms with Gasteiger partial charge in [-0.1, -0.05) is 19.9 Å². The number of aryl methyl sites for hydroxylation is 1. The first-order chi connectivity index (χ1) is 12.3. The van der Waals surface area contributed by atoms with Crippen molar-refractivity contribution >= 4 is 38.4 Å². The summed E-state index contributed by atoms with van der Waals surface area (Å²) in [5.41, 5.74) is 2.39. The summed E-state index contributed by atoms with van der Waals surface area (Å²) in [6.45, 7) is 6.07. The van der Waals surface area contributed by atoms with Crippen molar-refractivity contribution in [1.29, 1.82) is 0 Å². The molecule has 0 radical (unpaired) electrons. The Bertz CT molecular complexity index is 1020. The van der Waals surface area contributed by atoms with Gasteiger partial charge in [0.25, 0.3) is 10.0 Å². The van der Waals surface area contributed by atoms with Crippen LogP contribution in [-0.2, 0) is 10.0 Å². The molecule has 0 aliphatic heterocycles. The van der Waals surface area contributed by atoms with Gasteiger partial charge >= 0.3 is 0 Å². The van der Waals surface area contributed by atoms with Gasteiger partial charge in [-0.3, -0.25) is 4.72 Å². The largest absolute Gasteiger partial charge is 0.495 e. The van der Waals surface area contributed by atoms with Crippen molar-refractivity contribution < 1.29 is 13.2 Å². The third-order valence-electron chi connectivity index (χ3n) is 3.77. The number of hydrogen-bond donors (Lipinski definition) is 1. The quantitative estimate of drug-likeness (QED) is 0.615. The van der Waals surface area contributed by atoms with Gasteiger partial charge in [0.05, 0.1) is 23.4 Å². The maximum atomic E-state index is 12.8. The normalized spacial score (nSPS) is 11.7. The van der Waals surface area contributed by atoms with E-state index in [1.165, 1.54) is 29.8 Å². The molecule has 0 atom stereocenters. The molecule has 138 valence electrons. The lowest BCUT2D eigenvalue weighted by Gasteiger charge is -2.11. The fourth-order valence-electron chi connectivity index (χ4n) is 2.34. The first-order valence-corrected chi connectivity index (χ1v) is 11.2. The maximum Gasteiger partial charge on any atom is 0.271 e. The van der Waals surface area contributed by atoms with Crippen LogP contribution in [0, 0.1) is 6.92 Å². The number of hydrogen-bond acceptors (Lipinski definition) is 6. The maximum absolute atomic E-state index is 12.8. The molecule has 0 unspecified atom stereocenters. The Labute approximate surface area is 161 Å². The van der Waals surface area contributed by atoms with E-state index in [9.17, 15) is 8.42 Å². The molecule has 2 heterocycles. The lowest BCUT2D eigenvalue weighted by Crippen LogP contribution is -2.12. The minimum Gasteiger partial charge on any atom is -0.495 e. The molecule has 3 aromatic rings. The second kappa shape index (κ2) is 7.38. The molecule has 0 spiro atoms. The standard InChI is InChI=1S/C18H20N2O3S3/c1-11(2)14-10-24-18(19-14)16-7-8-17(25-16)26(21,22)20-13-9-12(3)5-6-15(13)23-4/h5-11,20H,1-4H3. The Morgan fingerprint density at radius 3 is 2.62 bits per heavy atom. The highest BCUT2D eigenvalue weighted by Crippen LogP contribution is 2.35. The predicted octanol–water partition coefficient (Wildman–Crippen LogP) is 5.11. The first kappa shape index (κ1) is 18.9. The van der Waals surface area contributed by atoms with Gasteiger partial charge in [-0.25, -0.2) is 13.4 Å². The molecule has 0 fully saturated rings. The smallest absolute Gasteiger partial charge is 0.271 e. The number of nitrogens with one attached hydrogen (secondary N) is 1. The fourth-order valence-corrected chi connectivity index (χ4v) is 5.76. The fraction of sp³-hybridized carbons (Fsp3) is 0.278. The van der Waals surface area contributed by atoms with Crippen LogP contribution in [0.4, 0.5) is 5.69 Å². The van der Waals surface area contributed by atoms with E-state index in [0.29, 0.717) is 17.4 Å². The molecule has 26 heavy (non-hydrogen) atoms. The van der Waals surface area contributed by atoms with Crippen LogP contribution in [0.2, 0.25) is 0 Å². The SMILES string of the molecule is COc1ccc(C)cc1NS(=O)(=O)c1ccc(-c2nc(C(C)C)cs2)s1. The molecular weight excluding hydrogens is 388 g/mol. The van der Waals surface area contributed by atoms with Crippen LogP contribution in [0.3, 0.4) is 0 Å².